The molecule has 2 N–H and O–H groups in total. The van der Waals surface area contributed by atoms with Gasteiger partial charge in [-0.1, -0.05) is 0 Å². The van der Waals surface area contributed by atoms with Gasteiger partial charge < -0.3 is 10.6 Å². The lowest BCUT2D eigenvalue weighted by molar-refractivity contribution is -0.122. The molecule has 0 fully saturated rings. The van der Waals surface area contributed by atoms with Gasteiger partial charge in [-0.05, 0) is 19.9 Å². The Morgan fingerprint density at radius 2 is 1.83 bits per heavy atom. The summed E-state index contributed by atoms with van der Waals surface area (Å²) in [6, 6.07) is 0.725. The molecule has 18 heavy (non-hydrogen) atoms. The fourth-order valence-corrected chi connectivity index (χ4v) is 1.38. The summed E-state index contributed by atoms with van der Waals surface area (Å²) in [6.45, 7) is 3.81. The Balaban J connectivity index is 2.63. The van der Waals surface area contributed by atoms with E-state index in [9.17, 15) is 18.0 Å². The molecule has 0 radical (unpaired) electrons. The van der Waals surface area contributed by atoms with Crippen LogP contribution in [0.4, 0.5) is 13.2 Å². The Labute approximate surface area is 103 Å². The summed E-state index contributed by atoms with van der Waals surface area (Å²) in [6.07, 6.45) is 0. The first kappa shape index (κ1) is 14.5. The van der Waals surface area contributed by atoms with E-state index in [1.165, 1.54) is 0 Å². The highest BCUT2D eigenvalue weighted by atomic mass is 19.2. The van der Waals surface area contributed by atoms with Crippen molar-refractivity contribution in [1.29, 1.82) is 0 Å². The van der Waals surface area contributed by atoms with Crippen molar-refractivity contribution in [3.8, 4) is 0 Å². The SMILES string of the molecule is CCNC(=O)C(C)NCc1cc(F)c(F)cc1F. The van der Waals surface area contributed by atoms with Gasteiger partial charge in [0.15, 0.2) is 11.6 Å². The zero-order valence-electron chi connectivity index (χ0n) is 10.2. The third-order valence-corrected chi connectivity index (χ3v) is 2.43. The smallest absolute Gasteiger partial charge is 0.236 e. The van der Waals surface area contributed by atoms with E-state index in [2.05, 4.69) is 10.6 Å². The van der Waals surface area contributed by atoms with Crippen molar-refractivity contribution in [2.24, 2.45) is 0 Å². The molecule has 0 aliphatic heterocycles. The predicted molar refractivity (Wildman–Crippen MR) is 61.3 cm³/mol. The summed E-state index contributed by atoms with van der Waals surface area (Å²) in [5.74, 6) is -3.42. The third-order valence-electron chi connectivity index (χ3n) is 2.43. The van der Waals surface area contributed by atoms with Crippen molar-refractivity contribution in [2.45, 2.75) is 26.4 Å². The van der Waals surface area contributed by atoms with E-state index in [0.29, 0.717) is 12.6 Å². The van der Waals surface area contributed by atoms with Gasteiger partial charge in [0.25, 0.3) is 0 Å². The molecule has 6 heteroatoms. The van der Waals surface area contributed by atoms with E-state index in [0.717, 1.165) is 6.07 Å². The molecular formula is C12H15F3N2O. The molecule has 0 aliphatic carbocycles. The topological polar surface area (TPSA) is 41.1 Å². The monoisotopic (exact) mass is 260 g/mol. The van der Waals surface area contributed by atoms with Gasteiger partial charge in [-0.3, -0.25) is 4.79 Å². The lowest BCUT2D eigenvalue weighted by Gasteiger charge is -2.13. The standard InChI is InChI=1S/C12H15F3N2O/c1-3-16-12(18)7(2)17-6-8-4-10(14)11(15)5-9(8)13/h4-5,7,17H,3,6H2,1-2H3,(H,16,18). The molecule has 1 amide bonds. The second-order valence-corrected chi connectivity index (χ2v) is 3.85. The molecule has 1 aromatic carbocycles. The van der Waals surface area contributed by atoms with Crippen molar-refractivity contribution in [2.75, 3.05) is 6.54 Å². The Hall–Kier alpha value is -1.56. The Kier molecular flexibility index (Phi) is 5.15. The average Bonchev–Trinajstić information content (AvgIpc) is 2.32. The van der Waals surface area contributed by atoms with Gasteiger partial charge in [0.1, 0.15) is 5.82 Å². The minimum absolute atomic E-state index is 0.0231. The lowest BCUT2D eigenvalue weighted by Crippen LogP contribution is -2.41. The second kappa shape index (κ2) is 6.39. The van der Waals surface area contributed by atoms with Gasteiger partial charge in [-0.15, -0.1) is 0 Å². The number of hydrogen-bond donors (Lipinski definition) is 2. The maximum absolute atomic E-state index is 13.3. The van der Waals surface area contributed by atoms with E-state index in [1.807, 2.05) is 0 Å². The number of rotatable bonds is 5. The highest BCUT2D eigenvalue weighted by molar-refractivity contribution is 5.81. The van der Waals surface area contributed by atoms with E-state index in [-0.39, 0.29) is 18.0 Å². The Morgan fingerprint density at radius 1 is 1.22 bits per heavy atom. The van der Waals surface area contributed by atoms with Gasteiger partial charge in [0.2, 0.25) is 5.91 Å². The first-order valence-electron chi connectivity index (χ1n) is 5.60. The highest BCUT2D eigenvalue weighted by Crippen LogP contribution is 2.13. The van der Waals surface area contributed by atoms with Crippen molar-refractivity contribution in [3.63, 3.8) is 0 Å². The van der Waals surface area contributed by atoms with Gasteiger partial charge in [0.05, 0.1) is 6.04 Å². The fourth-order valence-electron chi connectivity index (χ4n) is 1.38. The number of halogens is 3. The maximum Gasteiger partial charge on any atom is 0.236 e. The van der Waals surface area contributed by atoms with Crippen molar-refractivity contribution in [1.82, 2.24) is 10.6 Å². The molecule has 0 aromatic heterocycles. The van der Waals surface area contributed by atoms with Crippen molar-refractivity contribution in [3.05, 3.63) is 35.1 Å². The van der Waals surface area contributed by atoms with Crippen LogP contribution in [0.5, 0.6) is 0 Å². The summed E-state index contributed by atoms with van der Waals surface area (Å²) in [5, 5.41) is 5.32. The van der Waals surface area contributed by atoms with E-state index in [1.54, 1.807) is 13.8 Å². The molecule has 0 saturated heterocycles. The molecular weight excluding hydrogens is 245 g/mol. The Morgan fingerprint density at radius 3 is 2.44 bits per heavy atom. The number of amides is 1. The molecule has 3 nitrogen and oxygen atoms in total. The molecule has 0 bridgehead atoms. The number of carbonyl (C=O) groups excluding carboxylic acids is 1. The van der Waals surface area contributed by atoms with Crippen LogP contribution in [0, 0.1) is 17.5 Å². The first-order valence-corrected chi connectivity index (χ1v) is 5.60. The van der Waals surface area contributed by atoms with Gasteiger partial charge >= 0.3 is 0 Å². The third kappa shape index (κ3) is 3.73. The number of benzene rings is 1. The van der Waals surface area contributed by atoms with Crippen LogP contribution in [0.25, 0.3) is 0 Å². The highest BCUT2D eigenvalue weighted by Gasteiger charge is 2.14. The molecule has 1 atom stereocenters. The van der Waals surface area contributed by atoms with Crippen LogP contribution in [-0.2, 0) is 11.3 Å². The van der Waals surface area contributed by atoms with Gasteiger partial charge in [-0.2, -0.15) is 0 Å². The normalized spacial score (nSPS) is 12.3. The average molecular weight is 260 g/mol. The summed E-state index contributed by atoms with van der Waals surface area (Å²) in [4.78, 5) is 11.4. The van der Waals surface area contributed by atoms with Crippen molar-refractivity contribution >= 4 is 5.91 Å². The summed E-state index contributed by atoms with van der Waals surface area (Å²) in [7, 11) is 0. The van der Waals surface area contributed by atoms with Crippen LogP contribution >= 0.6 is 0 Å². The molecule has 1 aromatic rings. The number of hydrogen-bond acceptors (Lipinski definition) is 2. The predicted octanol–water partition coefficient (Wildman–Crippen LogP) is 1.72. The molecule has 1 rings (SSSR count). The number of nitrogens with one attached hydrogen (secondary N) is 2. The lowest BCUT2D eigenvalue weighted by atomic mass is 10.2. The quantitative estimate of drug-likeness (QED) is 0.791. The van der Waals surface area contributed by atoms with Crippen molar-refractivity contribution < 1.29 is 18.0 Å². The van der Waals surface area contributed by atoms with Crippen LogP contribution in [-0.4, -0.2) is 18.5 Å². The van der Waals surface area contributed by atoms with Crippen LogP contribution < -0.4 is 10.6 Å². The second-order valence-electron chi connectivity index (χ2n) is 3.85. The van der Waals surface area contributed by atoms with E-state index in [4.69, 9.17) is 0 Å². The summed E-state index contributed by atoms with van der Waals surface area (Å²) < 4.78 is 38.9. The number of carbonyl (C=O) groups is 1. The van der Waals surface area contributed by atoms with E-state index >= 15 is 0 Å². The summed E-state index contributed by atoms with van der Waals surface area (Å²) >= 11 is 0. The Bertz CT molecular complexity index is 438. The molecule has 0 aliphatic rings. The molecule has 0 spiro atoms. The fraction of sp³-hybridized carbons (Fsp3) is 0.417. The maximum atomic E-state index is 13.3. The molecule has 1 unspecified atom stereocenters. The molecule has 0 saturated carbocycles. The van der Waals surface area contributed by atoms with Crippen LogP contribution in [0.3, 0.4) is 0 Å². The van der Waals surface area contributed by atoms with Crippen LogP contribution in [0.2, 0.25) is 0 Å². The molecule has 100 valence electrons. The number of likely N-dealkylation sites (N-methyl/N-ethyl adjacent to an activating group) is 1. The van der Waals surface area contributed by atoms with Gasteiger partial charge in [0, 0.05) is 24.7 Å². The molecule has 0 heterocycles. The summed E-state index contributed by atoms with van der Waals surface area (Å²) in [5.41, 5.74) is -0.0231. The van der Waals surface area contributed by atoms with Gasteiger partial charge in [-0.25, -0.2) is 13.2 Å². The minimum Gasteiger partial charge on any atom is -0.355 e. The van der Waals surface area contributed by atoms with Crippen LogP contribution in [0.1, 0.15) is 19.4 Å². The zero-order chi connectivity index (χ0) is 13.7. The first-order chi connectivity index (χ1) is 8.45. The largest absolute Gasteiger partial charge is 0.355 e. The van der Waals surface area contributed by atoms with E-state index < -0.39 is 23.5 Å². The van der Waals surface area contributed by atoms with Crippen LogP contribution in [0.15, 0.2) is 12.1 Å². The zero-order valence-corrected chi connectivity index (χ0v) is 10.2. The minimum atomic E-state index is -1.23.